The monoisotopic (exact) mass is 436 g/mol. The summed E-state index contributed by atoms with van der Waals surface area (Å²) >= 11 is 0. The first kappa shape index (κ1) is 25.8. The normalized spacial score (nSPS) is 25.8. The molecule has 1 fully saturated rings. The third-order valence-electron chi connectivity index (χ3n) is 3.69. The van der Waals surface area contributed by atoms with Crippen LogP contribution in [0.3, 0.4) is 0 Å². The Morgan fingerprint density at radius 3 is 1.87 bits per heavy atom. The second kappa shape index (κ2) is 13.1. The number of carbonyl (C=O) groups excluding carboxylic acids is 4. The van der Waals surface area contributed by atoms with Crippen LogP contribution in [0.4, 0.5) is 0 Å². The number of aliphatic hydroxyl groups is 1. The van der Waals surface area contributed by atoms with Gasteiger partial charge in [0.25, 0.3) is 0 Å². The Bertz CT molecular complexity index is 592. The van der Waals surface area contributed by atoms with Crippen LogP contribution in [0.1, 0.15) is 27.7 Å². The zero-order valence-corrected chi connectivity index (χ0v) is 17.4. The van der Waals surface area contributed by atoms with Gasteiger partial charge < -0.3 is 38.3 Å². The van der Waals surface area contributed by atoms with Crippen LogP contribution in [0.2, 0.25) is 0 Å². The Morgan fingerprint density at radius 1 is 0.767 bits per heavy atom. The minimum atomic E-state index is -1.28. The SMILES string of the molecule is CC(=O)OCC1O[C@@H](OCCOCCO)C(OC(C)=O)C(OC(C)=O)[C@@H]1OC(C)=O. The van der Waals surface area contributed by atoms with Crippen LogP contribution in [0, 0.1) is 0 Å². The van der Waals surface area contributed by atoms with Crippen molar-refractivity contribution in [3.05, 3.63) is 0 Å². The van der Waals surface area contributed by atoms with E-state index < -0.39 is 54.6 Å². The molecule has 0 saturated carbocycles. The summed E-state index contributed by atoms with van der Waals surface area (Å²) in [6.45, 7) is 4.25. The fourth-order valence-electron chi connectivity index (χ4n) is 2.71. The summed E-state index contributed by atoms with van der Waals surface area (Å²) in [7, 11) is 0. The fourth-order valence-corrected chi connectivity index (χ4v) is 2.71. The second-order valence-electron chi connectivity index (χ2n) is 6.27. The molecule has 12 nitrogen and oxygen atoms in total. The van der Waals surface area contributed by atoms with Crippen LogP contribution in [-0.4, -0.2) is 92.7 Å². The van der Waals surface area contributed by atoms with E-state index in [2.05, 4.69) is 0 Å². The number of hydrogen-bond donors (Lipinski definition) is 1. The molecule has 12 heteroatoms. The van der Waals surface area contributed by atoms with Crippen molar-refractivity contribution in [1.29, 1.82) is 0 Å². The van der Waals surface area contributed by atoms with Gasteiger partial charge in [-0.2, -0.15) is 0 Å². The van der Waals surface area contributed by atoms with E-state index in [0.717, 1.165) is 20.8 Å². The van der Waals surface area contributed by atoms with Crippen LogP contribution in [0.5, 0.6) is 0 Å². The number of carbonyl (C=O) groups is 4. The third kappa shape index (κ3) is 9.03. The summed E-state index contributed by atoms with van der Waals surface area (Å²) in [6, 6.07) is 0. The van der Waals surface area contributed by atoms with Gasteiger partial charge in [0.2, 0.25) is 0 Å². The van der Waals surface area contributed by atoms with Crippen LogP contribution in [-0.2, 0) is 52.3 Å². The first-order valence-corrected chi connectivity index (χ1v) is 9.26. The average Bonchev–Trinajstić information content (AvgIpc) is 2.63. The number of aliphatic hydroxyl groups excluding tert-OH is 1. The predicted octanol–water partition coefficient (Wildman–Crippen LogP) is -0.905. The summed E-state index contributed by atoms with van der Waals surface area (Å²) in [5.74, 6) is -2.77. The molecule has 5 atom stereocenters. The maximum absolute atomic E-state index is 11.7. The van der Waals surface area contributed by atoms with Crippen molar-refractivity contribution in [1.82, 2.24) is 0 Å². The molecule has 0 aromatic carbocycles. The van der Waals surface area contributed by atoms with E-state index in [1.54, 1.807) is 0 Å². The molecule has 0 aromatic rings. The number of rotatable bonds is 11. The van der Waals surface area contributed by atoms with Gasteiger partial charge in [0.15, 0.2) is 24.6 Å². The maximum Gasteiger partial charge on any atom is 0.303 e. The molecule has 1 saturated heterocycles. The highest BCUT2D eigenvalue weighted by Crippen LogP contribution is 2.29. The van der Waals surface area contributed by atoms with Crippen LogP contribution in [0.25, 0.3) is 0 Å². The van der Waals surface area contributed by atoms with Gasteiger partial charge in [-0.3, -0.25) is 19.2 Å². The van der Waals surface area contributed by atoms with E-state index >= 15 is 0 Å². The molecule has 0 amide bonds. The number of ether oxygens (including phenoxy) is 7. The summed E-state index contributed by atoms with van der Waals surface area (Å²) < 4.78 is 37.1. The largest absolute Gasteiger partial charge is 0.463 e. The van der Waals surface area contributed by atoms with Crippen molar-refractivity contribution < 1.29 is 57.4 Å². The van der Waals surface area contributed by atoms with E-state index in [0.29, 0.717) is 0 Å². The lowest BCUT2D eigenvalue weighted by Gasteiger charge is -2.44. The Hall–Kier alpha value is -2.28. The van der Waals surface area contributed by atoms with Crippen molar-refractivity contribution >= 4 is 23.9 Å². The molecule has 0 spiro atoms. The highest BCUT2D eigenvalue weighted by atomic mass is 16.7. The quantitative estimate of drug-likeness (QED) is 0.242. The summed E-state index contributed by atoms with van der Waals surface area (Å²) in [4.78, 5) is 46.1. The first-order chi connectivity index (χ1) is 14.1. The van der Waals surface area contributed by atoms with Crippen molar-refractivity contribution in [2.75, 3.05) is 33.0 Å². The average molecular weight is 436 g/mol. The van der Waals surface area contributed by atoms with E-state index in [-0.39, 0.29) is 33.0 Å². The molecule has 1 aliphatic rings. The molecule has 1 N–H and O–H groups in total. The maximum atomic E-state index is 11.7. The van der Waals surface area contributed by atoms with Crippen LogP contribution >= 0.6 is 0 Å². The zero-order chi connectivity index (χ0) is 22.7. The lowest BCUT2D eigenvalue weighted by Crippen LogP contribution is -2.63. The van der Waals surface area contributed by atoms with Gasteiger partial charge in [0.05, 0.1) is 26.4 Å². The summed E-state index contributed by atoms with van der Waals surface area (Å²) in [5, 5.41) is 8.73. The van der Waals surface area contributed by atoms with Gasteiger partial charge in [-0.1, -0.05) is 0 Å². The van der Waals surface area contributed by atoms with Gasteiger partial charge >= 0.3 is 23.9 Å². The Morgan fingerprint density at radius 2 is 1.33 bits per heavy atom. The smallest absolute Gasteiger partial charge is 0.303 e. The van der Waals surface area contributed by atoms with Gasteiger partial charge in [0.1, 0.15) is 12.7 Å². The van der Waals surface area contributed by atoms with Gasteiger partial charge in [-0.15, -0.1) is 0 Å². The van der Waals surface area contributed by atoms with Crippen LogP contribution < -0.4 is 0 Å². The number of esters is 4. The zero-order valence-electron chi connectivity index (χ0n) is 17.4. The highest BCUT2D eigenvalue weighted by Gasteiger charge is 2.52. The van der Waals surface area contributed by atoms with Crippen molar-refractivity contribution in [2.45, 2.75) is 58.4 Å². The molecule has 1 heterocycles. The molecule has 3 unspecified atom stereocenters. The summed E-state index contributed by atoms with van der Waals surface area (Å²) in [5.41, 5.74) is 0. The predicted molar refractivity (Wildman–Crippen MR) is 95.8 cm³/mol. The van der Waals surface area contributed by atoms with Gasteiger partial charge in [-0.25, -0.2) is 0 Å². The minimum Gasteiger partial charge on any atom is -0.463 e. The van der Waals surface area contributed by atoms with Crippen LogP contribution in [0.15, 0.2) is 0 Å². The molecule has 1 rings (SSSR count). The molecule has 0 bridgehead atoms. The second-order valence-corrected chi connectivity index (χ2v) is 6.27. The van der Waals surface area contributed by atoms with E-state index in [9.17, 15) is 19.2 Å². The van der Waals surface area contributed by atoms with E-state index in [1.807, 2.05) is 0 Å². The number of hydrogen-bond acceptors (Lipinski definition) is 12. The molecular weight excluding hydrogens is 408 g/mol. The summed E-state index contributed by atoms with van der Waals surface area (Å²) in [6.07, 6.45) is -6.11. The van der Waals surface area contributed by atoms with Crippen molar-refractivity contribution in [3.8, 4) is 0 Å². The lowest BCUT2D eigenvalue weighted by molar-refractivity contribution is -0.309. The molecule has 0 aliphatic carbocycles. The molecule has 30 heavy (non-hydrogen) atoms. The topological polar surface area (TPSA) is 153 Å². The molecule has 1 aliphatic heterocycles. The Labute approximate surface area is 173 Å². The van der Waals surface area contributed by atoms with Gasteiger partial charge in [-0.05, 0) is 0 Å². The highest BCUT2D eigenvalue weighted by molar-refractivity contribution is 5.68. The lowest BCUT2D eigenvalue weighted by atomic mass is 9.98. The van der Waals surface area contributed by atoms with Gasteiger partial charge in [0, 0.05) is 27.7 Å². The third-order valence-corrected chi connectivity index (χ3v) is 3.69. The molecule has 172 valence electrons. The van der Waals surface area contributed by atoms with E-state index in [1.165, 1.54) is 6.92 Å². The standard InChI is InChI=1S/C18H28O12/c1-10(20)26-9-14-15(27-11(2)21)16(28-12(3)22)17(29-13(4)23)18(30-14)25-8-7-24-6-5-19/h14-19H,5-9H2,1-4H3/t14?,15-,16?,17?,18-/m1/s1. The molecule has 0 radical (unpaired) electrons. The minimum absolute atomic E-state index is 0.0201. The van der Waals surface area contributed by atoms with E-state index in [4.69, 9.17) is 38.3 Å². The Kier molecular flexibility index (Phi) is 11.3. The first-order valence-electron chi connectivity index (χ1n) is 9.26. The molecular formula is C18H28O12. The fraction of sp³-hybridized carbons (Fsp3) is 0.778. The molecule has 0 aromatic heterocycles. The Balaban J connectivity index is 3.13. The van der Waals surface area contributed by atoms with Crippen molar-refractivity contribution in [3.63, 3.8) is 0 Å². The van der Waals surface area contributed by atoms with Crippen molar-refractivity contribution in [2.24, 2.45) is 0 Å².